The van der Waals surface area contributed by atoms with Crippen molar-refractivity contribution >= 4 is 11.6 Å². The van der Waals surface area contributed by atoms with Crippen molar-refractivity contribution in [3.8, 4) is 5.69 Å². The molecule has 0 fully saturated rings. The van der Waals surface area contributed by atoms with Crippen LogP contribution in [0.15, 0.2) is 30.6 Å². The molecule has 0 N–H and O–H groups in total. The van der Waals surface area contributed by atoms with Gasteiger partial charge in [0.1, 0.15) is 0 Å². The van der Waals surface area contributed by atoms with Crippen LogP contribution in [0.25, 0.3) is 5.69 Å². The number of benzene rings is 1. The van der Waals surface area contributed by atoms with Gasteiger partial charge in [-0.1, -0.05) is 18.2 Å². The molecule has 0 unspecified atom stereocenters. The minimum absolute atomic E-state index is 0.545. The molecule has 0 atom stereocenters. The number of fused-ring (bicyclic) bond motifs is 1. The molecule has 2 nitrogen and oxygen atoms in total. The molecule has 3 rings (SSSR count). The summed E-state index contributed by atoms with van der Waals surface area (Å²) >= 11 is 6.00. The summed E-state index contributed by atoms with van der Waals surface area (Å²) in [5, 5.41) is 0. The van der Waals surface area contributed by atoms with Crippen LogP contribution in [-0.4, -0.2) is 9.55 Å². The third-order valence-electron chi connectivity index (χ3n) is 3.43. The van der Waals surface area contributed by atoms with E-state index < -0.39 is 0 Å². The summed E-state index contributed by atoms with van der Waals surface area (Å²) in [7, 11) is 0. The SMILES string of the molecule is ClCc1ccccc1-n1cnc2c1CCCC2. The highest BCUT2D eigenvalue weighted by molar-refractivity contribution is 6.17. The van der Waals surface area contributed by atoms with Crippen LogP contribution in [0.1, 0.15) is 29.8 Å². The van der Waals surface area contributed by atoms with Gasteiger partial charge in [-0.25, -0.2) is 4.98 Å². The summed E-state index contributed by atoms with van der Waals surface area (Å²) in [6.45, 7) is 0. The Kier molecular flexibility index (Phi) is 2.89. The Morgan fingerprint density at radius 3 is 2.88 bits per heavy atom. The molecule has 0 saturated carbocycles. The van der Waals surface area contributed by atoms with Crippen molar-refractivity contribution < 1.29 is 0 Å². The lowest BCUT2D eigenvalue weighted by atomic mass is 10.0. The van der Waals surface area contributed by atoms with Gasteiger partial charge in [-0.2, -0.15) is 0 Å². The number of hydrogen-bond acceptors (Lipinski definition) is 1. The second kappa shape index (κ2) is 4.53. The van der Waals surface area contributed by atoms with Crippen molar-refractivity contribution in [3.63, 3.8) is 0 Å². The lowest BCUT2D eigenvalue weighted by molar-refractivity contribution is 0.655. The first-order valence-electron chi connectivity index (χ1n) is 6.09. The number of nitrogens with zero attached hydrogens (tertiary/aromatic N) is 2. The van der Waals surface area contributed by atoms with E-state index >= 15 is 0 Å². The van der Waals surface area contributed by atoms with Gasteiger partial charge in [0.25, 0.3) is 0 Å². The van der Waals surface area contributed by atoms with Gasteiger partial charge >= 0.3 is 0 Å². The zero-order valence-corrected chi connectivity index (χ0v) is 10.5. The third kappa shape index (κ3) is 1.87. The molecule has 1 aromatic carbocycles. The average molecular weight is 247 g/mol. The first-order valence-corrected chi connectivity index (χ1v) is 6.63. The standard InChI is InChI=1S/C14H15ClN2/c15-9-11-5-1-3-7-13(11)17-10-16-12-6-2-4-8-14(12)17/h1,3,5,7,10H,2,4,6,8-9H2. The van der Waals surface area contributed by atoms with Crippen LogP contribution in [0.4, 0.5) is 0 Å². The van der Waals surface area contributed by atoms with E-state index in [0.717, 1.165) is 12.8 Å². The van der Waals surface area contributed by atoms with E-state index in [1.54, 1.807) is 0 Å². The molecular weight excluding hydrogens is 232 g/mol. The number of alkyl halides is 1. The summed E-state index contributed by atoms with van der Waals surface area (Å²) in [5.74, 6) is 0.545. The first-order chi connectivity index (χ1) is 8.40. The second-order valence-electron chi connectivity index (χ2n) is 4.48. The van der Waals surface area contributed by atoms with E-state index in [1.165, 1.54) is 35.5 Å². The van der Waals surface area contributed by atoms with Crippen molar-refractivity contribution in [2.45, 2.75) is 31.6 Å². The molecule has 88 valence electrons. The molecule has 0 aliphatic heterocycles. The molecule has 3 heteroatoms. The minimum Gasteiger partial charge on any atom is -0.303 e. The minimum atomic E-state index is 0.545. The Hall–Kier alpha value is -1.28. The van der Waals surface area contributed by atoms with E-state index in [2.05, 4.69) is 27.8 Å². The Morgan fingerprint density at radius 1 is 1.18 bits per heavy atom. The number of aromatic nitrogens is 2. The normalized spacial score (nSPS) is 14.6. The van der Waals surface area contributed by atoms with E-state index in [0.29, 0.717) is 5.88 Å². The fraction of sp³-hybridized carbons (Fsp3) is 0.357. The van der Waals surface area contributed by atoms with E-state index in [1.807, 2.05) is 12.4 Å². The van der Waals surface area contributed by atoms with Gasteiger partial charge in [0, 0.05) is 11.6 Å². The maximum Gasteiger partial charge on any atom is 0.0997 e. The molecule has 1 aromatic heterocycles. The van der Waals surface area contributed by atoms with E-state index in [-0.39, 0.29) is 0 Å². The number of para-hydroxylation sites is 1. The second-order valence-corrected chi connectivity index (χ2v) is 4.74. The van der Waals surface area contributed by atoms with Gasteiger partial charge in [0.2, 0.25) is 0 Å². The summed E-state index contributed by atoms with van der Waals surface area (Å²) in [4.78, 5) is 4.53. The molecule has 0 bridgehead atoms. The molecule has 2 aromatic rings. The molecule has 17 heavy (non-hydrogen) atoms. The van der Waals surface area contributed by atoms with Crippen molar-refractivity contribution in [3.05, 3.63) is 47.5 Å². The number of imidazole rings is 1. The summed E-state index contributed by atoms with van der Waals surface area (Å²) in [6, 6.07) is 8.29. The zero-order valence-electron chi connectivity index (χ0n) is 9.69. The van der Waals surface area contributed by atoms with Crippen molar-refractivity contribution in [2.75, 3.05) is 0 Å². The molecule has 0 spiro atoms. The highest BCUT2D eigenvalue weighted by Gasteiger charge is 2.16. The lowest BCUT2D eigenvalue weighted by Crippen LogP contribution is -2.08. The number of aryl methyl sites for hydroxylation is 1. The Morgan fingerprint density at radius 2 is 2.00 bits per heavy atom. The van der Waals surface area contributed by atoms with Crippen LogP contribution in [-0.2, 0) is 18.7 Å². The predicted molar refractivity (Wildman–Crippen MR) is 69.8 cm³/mol. The van der Waals surface area contributed by atoms with Gasteiger partial charge in [0.15, 0.2) is 0 Å². The molecule has 0 saturated heterocycles. The van der Waals surface area contributed by atoms with Crippen LogP contribution in [0.3, 0.4) is 0 Å². The number of halogens is 1. The Labute approximate surface area is 106 Å². The number of rotatable bonds is 2. The molecular formula is C14H15ClN2. The molecule has 1 heterocycles. The molecule has 0 amide bonds. The van der Waals surface area contributed by atoms with Crippen LogP contribution >= 0.6 is 11.6 Å². The summed E-state index contributed by atoms with van der Waals surface area (Å²) in [5.41, 5.74) is 4.98. The highest BCUT2D eigenvalue weighted by atomic mass is 35.5. The largest absolute Gasteiger partial charge is 0.303 e. The maximum atomic E-state index is 6.00. The van der Waals surface area contributed by atoms with Crippen LogP contribution in [0.2, 0.25) is 0 Å². The lowest BCUT2D eigenvalue weighted by Gasteiger charge is -2.15. The first kappa shape index (κ1) is 10.8. The monoisotopic (exact) mass is 246 g/mol. The number of hydrogen-bond donors (Lipinski definition) is 0. The topological polar surface area (TPSA) is 17.8 Å². The molecule has 1 aliphatic rings. The van der Waals surface area contributed by atoms with Crippen LogP contribution < -0.4 is 0 Å². The van der Waals surface area contributed by atoms with Gasteiger partial charge in [-0.05, 0) is 37.3 Å². The fourth-order valence-electron chi connectivity index (χ4n) is 2.54. The van der Waals surface area contributed by atoms with E-state index in [9.17, 15) is 0 Å². The molecule has 1 aliphatic carbocycles. The summed E-state index contributed by atoms with van der Waals surface area (Å²) < 4.78 is 2.21. The van der Waals surface area contributed by atoms with Gasteiger partial charge in [-0.15, -0.1) is 11.6 Å². The quantitative estimate of drug-likeness (QED) is 0.742. The van der Waals surface area contributed by atoms with Gasteiger partial charge in [0.05, 0.1) is 17.7 Å². The smallest absolute Gasteiger partial charge is 0.0997 e. The maximum absolute atomic E-state index is 6.00. The average Bonchev–Trinajstić information content (AvgIpc) is 2.82. The summed E-state index contributed by atoms with van der Waals surface area (Å²) in [6.07, 6.45) is 6.72. The molecule has 0 radical (unpaired) electrons. The third-order valence-corrected chi connectivity index (χ3v) is 3.71. The predicted octanol–water partition coefficient (Wildman–Crippen LogP) is 3.49. The van der Waals surface area contributed by atoms with Gasteiger partial charge in [-0.3, -0.25) is 0 Å². The zero-order chi connectivity index (χ0) is 11.7. The van der Waals surface area contributed by atoms with Crippen molar-refractivity contribution in [2.24, 2.45) is 0 Å². The van der Waals surface area contributed by atoms with Gasteiger partial charge < -0.3 is 4.57 Å². The Bertz CT molecular complexity index is 531. The Balaban J connectivity index is 2.12. The van der Waals surface area contributed by atoms with Crippen molar-refractivity contribution in [1.82, 2.24) is 9.55 Å². The van der Waals surface area contributed by atoms with E-state index in [4.69, 9.17) is 11.6 Å². The van der Waals surface area contributed by atoms with Crippen LogP contribution in [0.5, 0.6) is 0 Å². The van der Waals surface area contributed by atoms with Crippen molar-refractivity contribution in [1.29, 1.82) is 0 Å². The fourth-order valence-corrected chi connectivity index (χ4v) is 2.76. The highest BCUT2D eigenvalue weighted by Crippen LogP contribution is 2.25. The van der Waals surface area contributed by atoms with Crippen LogP contribution in [0, 0.1) is 0 Å².